The van der Waals surface area contributed by atoms with Gasteiger partial charge in [-0.2, -0.15) is 0 Å². The Morgan fingerprint density at radius 3 is 1.36 bits per heavy atom. The van der Waals surface area contributed by atoms with Crippen LogP contribution in [0.4, 0.5) is 0 Å². The fraction of sp³-hybridized carbons (Fsp3) is 1.00. The Hall–Kier alpha value is -0.160. The third kappa shape index (κ3) is 4.31. The average Bonchev–Trinajstić information content (AvgIpc) is 1.88. The Morgan fingerprint density at radius 1 is 0.909 bits per heavy atom. The Morgan fingerprint density at radius 2 is 1.18 bits per heavy atom. The van der Waals surface area contributed by atoms with Crippen molar-refractivity contribution in [2.75, 3.05) is 19.8 Å². The third-order valence-corrected chi connectivity index (χ3v) is 0.963. The van der Waals surface area contributed by atoms with E-state index in [1.807, 2.05) is 0 Å². The fourth-order valence-electron chi connectivity index (χ4n) is 0.655. The van der Waals surface area contributed by atoms with Crippen LogP contribution in [0.2, 0.25) is 0 Å². The summed E-state index contributed by atoms with van der Waals surface area (Å²) in [6.07, 6.45) is -2.10. The summed E-state index contributed by atoms with van der Waals surface area (Å²) in [6.45, 7) is 5.98. The molecule has 0 saturated heterocycles. The Kier molecular flexibility index (Phi) is 5.41. The van der Waals surface area contributed by atoms with Gasteiger partial charge in [-0.05, 0) is 20.8 Å². The maximum absolute atomic E-state index is 11.2. The molecule has 0 aromatic carbocycles. The molecule has 4 heteroatoms. The van der Waals surface area contributed by atoms with Gasteiger partial charge in [0.1, 0.15) is 0 Å². The maximum atomic E-state index is 11.2. The molecule has 0 aromatic rings. The molecule has 0 rings (SSSR count). The van der Waals surface area contributed by atoms with Crippen molar-refractivity contribution in [1.29, 1.82) is 0 Å². The highest BCUT2D eigenvalue weighted by Crippen LogP contribution is 2.11. The van der Waals surface area contributed by atoms with E-state index in [1.54, 1.807) is 20.8 Å². The Labute approximate surface area is 67.1 Å². The first-order chi connectivity index (χ1) is 5.18. The molecule has 0 amide bonds. The van der Waals surface area contributed by atoms with Crippen LogP contribution >= 0.6 is 0 Å². The lowest BCUT2D eigenvalue weighted by atomic mass is 10.8. The van der Waals surface area contributed by atoms with Gasteiger partial charge in [-0.3, -0.25) is 0 Å². The van der Waals surface area contributed by atoms with Crippen molar-refractivity contribution in [3.05, 3.63) is 0 Å². The van der Waals surface area contributed by atoms with Crippen molar-refractivity contribution in [1.82, 2.24) is 0 Å². The standard InChI is InChI=1S/C7H15O4/c1-4-9-7(8,10-5-2)11-6-3/h4-6H2,1-3H3. The summed E-state index contributed by atoms with van der Waals surface area (Å²) in [6, 6.07) is 0. The fourth-order valence-corrected chi connectivity index (χ4v) is 0.655. The van der Waals surface area contributed by atoms with Crippen LogP contribution in [-0.4, -0.2) is 26.0 Å². The molecule has 0 aliphatic rings. The van der Waals surface area contributed by atoms with E-state index in [1.165, 1.54) is 0 Å². The molecule has 67 valence electrons. The molecule has 0 unspecified atom stereocenters. The number of rotatable bonds is 6. The largest absolute Gasteiger partial charge is 0.439 e. The lowest BCUT2D eigenvalue weighted by Crippen LogP contribution is -2.37. The summed E-state index contributed by atoms with van der Waals surface area (Å²) >= 11 is 0. The molecular formula is C7H15O4. The van der Waals surface area contributed by atoms with Crippen LogP contribution in [0.15, 0.2) is 0 Å². The molecule has 0 fully saturated rings. The molecular weight excluding hydrogens is 148 g/mol. The molecule has 0 atom stereocenters. The van der Waals surface area contributed by atoms with Gasteiger partial charge in [-0.15, -0.1) is 5.11 Å². The molecule has 0 N–H and O–H groups in total. The van der Waals surface area contributed by atoms with Crippen LogP contribution in [-0.2, 0) is 19.3 Å². The van der Waals surface area contributed by atoms with Gasteiger partial charge < -0.3 is 14.2 Å². The van der Waals surface area contributed by atoms with Crippen LogP contribution in [0, 0.1) is 0 Å². The summed E-state index contributed by atoms with van der Waals surface area (Å²) < 4.78 is 14.1. The van der Waals surface area contributed by atoms with Crippen molar-refractivity contribution in [3.63, 3.8) is 0 Å². The highest BCUT2D eigenvalue weighted by molar-refractivity contribution is 4.33. The first kappa shape index (κ1) is 10.8. The first-order valence-corrected chi connectivity index (χ1v) is 3.80. The zero-order valence-corrected chi connectivity index (χ0v) is 7.25. The quantitative estimate of drug-likeness (QED) is 0.551. The Balaban J connectivity index is 3.79. The van der Waals surface area contributed by atoms with Gasteiger partial charge in [0.25, 0.3) is 0 Å². The molecule has 0 spiro atoms. The second kappa shape index (κ2) is 5.49. The smallest absolute Gasteiger partial charge is 0.302 e. The normalized spacial score (nSPS) is 12.0. The second-order valence-corrected chi connectivity index (χ2v) is 1.80. The second-order valence-electron chi connectivity index (χ2n) is 1.80. The van der Waals surface area contributed by atoms with E-state index in [9.17, 15) is 5.11 Å². The summed E-state index contributed by atoms with van der Waals surface area (Å²) in [4.78, 5) is 0. The molecule has 0 heterocycles. The van der Waals surface area contributed by atoms with Crippen molar-refractivity contribution in [3.8, 4) is 0 Å². The average molecular weight is 163 g/mol. The molecule has 0 bridgehead atoms. The molecule has 4 nitrogen and oxygen atoms in total. The van der Waals surface area contributed by atoms with Crippen LogP contribution in [0.5, 0.6) is 0 Å². The number of hydrogen-bond acceptors (Lipinski definition) is 3. The lowest BCUT2D eigenvalue weighted by molar-refractivity contribution is -0.505. The van der Waals surface area contributed by atoms with Crippen LogP contribution in [0.3, 0.4) is 0 Å². The van der Waals surface area contributed by atoms with E-state index >= 15 is 0 Å². The minimum absolute atomic E-state index is 0.281. The van der Waals surface area contributed by atoms with E-state index in [0.29, 0.717) is 0 Å². The summed E-state index contributed by atoms with van der Waals surface area (Å²) in [5, 5.41) is 11.2. The van der Waals surface area contributed by atoms with E-state index < -0.39 is 6.16 Å². The monoisotopic (exact) mass is 163 g/mol. The van der Waals surface area contributed by atoms with Gasteiger partial charge in [-0.1, -0.05) is 0 Å². The predicted molar refractivity (Wildman–Crippen MR) is 38.3 cm³/mol. The lowest BCUT2D eigenvalue weighted by Gasteiger charge is -2.22. The number of hydrogen-bond donors (Lipinski definition) is 0. The molecule has 0 aliphatic heterocycles. The molecule has 0 saturated carbocycles. The summed E-state index contributed by atoms with van der Waals surface area (Å²) in [7, 11) is 0. The topological polar surface area (TPSA) is 47.6 Å². The molecule has 11 heavy (non-hydrogen) atoms. The van der Waals surface area contributed by atoms with E-state index in [-0.39, 0.29) is 19.8 Å². The first-order valence-electron chi connectivity index (χ1n) is 3.80. The van der Waals surface area contributed by atoms with Crippen molar-refractivity contribution in [2.24, 2.45) is 0 Å². The molecule has 1 radical (unpaired) electrons. The number of ether oxygens (including phenoxy) is 3. The highest BCUT2D eigenvalue weighted by Gasteiger charge is 2.31. The minimum Gasteiger partial charge on any atom is -0.302 e. The van der Waals surface area contributed by atoms with Crippen LogP contribution < -0.4 is 0 Å². The van der Waals surface area contributed by atoms with E-state index in [0.717, 1.165) is 0 Å². The van der Waals surface area contributed by atoms with Gasteiger partial charge in [-0.25, -0.2) is 0 Å². The van der Waals surface area contributed by atoms with Crippen molar-refractivity contribution in [2.45, 2.75) is 26.9 Å². The zero-order valence-electron chi connectivity index (χ0n) is 7.25. The molecule has 0 aromatic heterocycles. The van der Waals surface area contributed by atoms with Gasteiger partial charge in [0, 0.05) is 0 Å². The van der Waals surface area contributed by atoms with Gasteiger partial charge in [0.05, 0.1) is 19.8 Å². The van der Waals surface area contributed by atoms with E-state index in [4.69, 9.17) is 14.2 Å². The minimum atomic E-state index is -2.10. The van der Waals surface area contributed by atoms with Crippen molar-refractivity contribution >= 4 is 0 Å². The van der Waals surface area contributed by atoms with Gasteiger partial charge in [0.2, 0.25) is 0 Å². The van der Waals surface area contributed by atoms with Crippen molar-refractivity contribution < 1.29 is 19.3 Å². The summed E-state index contributed by atoms with van der Waals surface area (Å²) in [5.74, 6) is 0. The molecule has 0 aliphatic carbocycles. The Bertz CT molecular complexity index is 77.4. The van der Waals surface area contributed by atoms with Gasteiger partial charge in [0.15, 0.2) is 0 Å². The predicted octanol–water partition coefficient (Wildman–Crippen LogP) is 1.14. The van der Waals surface area contributed by atoms with E-state index in [2.05, 4.69) is 0 Å². The third-order valence-electron chi connectivity index (χ3n) is 0.963. The summed E-state index contributed by atoms with van der Waals surface area (Å²) in [5.41, 5.74) is 0. The van der Waals surface area contributed by atoms with Crippen LogP contribution in [0.25, 0.3) is 0 Å². The maximum Gasteiger partial charge on any atom is 0.439 e. The van der Waals surface area contributed by atoms with Crippen LogP contribution in [0.1, 0.15) is 20.8 Å². The van der Waals surface area contributed by atoms with Gasteiger partial charge >= 0.3 is 6.16 Å². The highest BCUT2D eigenvalue weighted by atomic mass is 17.0. The zero-order chi connectivity index (χ0) is 8.74. The SMILES string of the molecule is CCOC([O])(OCC)OCC.